The molecule has 1 N–H and O–H groups in total. The minimum absolute atomic E-state index is 0.209. The van der Waals surface area contributed by atoms with E-state index in [1.54, 1.807) is 23.1 Å². The molecule has 4 aromatic rings. The number of allylic oxidation sites excluding steroid dienone is 2. The first-order chi connectivity index (χ1) is 17.4. The fourth-order valence-corrected chi connectivity index (χ4v) is 7.26. The van der Waals surface area contributed by atoms with Crippen LogP contribution in [0.1, 0.15) is 24.8 Å². The van der Waals surface area contributed by atoms with Crippen molar-refractivity contribution in [3.05, 3.63) is 101 Å². The number of rotatable bonds is 8. The molecule has 3 aromatic carbocycles. The number of thioether (sulfide) groups is 1. The molecule has 0 saturated heterocycles. The average molecular weight is 536 g/mol. The highest BCUT2D eigenvalue weighted by atomic mass is 32.2. The van der Waals surface area contributed by atoms with Gasteiger partial charge in [0.1, 0.15) is 4.70 Å². The second-order valence-corrected chi connectivity index (χ2v) is 12.4. The molecule has 0 bridgehead atoms. The van der Waals surface area contributed by atoms with Crippen LogP contribution in [-0.2, 0) is 16.7 Å². The fraction of sp³-hybridized carbons (Fsp3) is 0.179. The Morgan fingerprint density at radius 1 is 0.972 bits per heavy atom. The van der Waals surface area contributed by atoms with E-state index in [9.17, 15) is 8.42 Å². The highest BCUT2D eigenvalue weighted by Crippen LogP contribution is 2.50. The summed E-state index contributed by atoms with van der Waals surface area (Å²) >= 11 is 3.50. The van der Waals surface area contributed by atoms with Gasteiger partial charge in [-0.2, -0.15) is 13.0 Å². The third kappa shape index (κ3) is 5.57. The van der Waals surface area contributed by atoms with Crippen molar-refractivity contribution in [2.24, 2.45) is 0 Å². The maximum atomic E-state index is 11.1. The van der Waals surface area contributed by atoms with Gasteiger partial charge in [0.15, 0.2) is 6.54 Å². The van der Waals surface area contributed by atoms with Gasteiger partial charge in [-0.25, -0.2) is 0 Å². The van der Waals surface area contributed by atoms with Crippen LogP contribution in [0.4, 0.5) is 11.4 Å². The Bertz CT molecular complexity index is 1560. The van der Waals surface area contributed by atoms with Crippen LogP contribution in [-0.4, -0.2) is 18.7 Å². The van der Waals surface area contributed by atoms with Crippen molar-refractivity contribution in [3.63, 3.8) is 0 Å². The molecule has 1 aromatic heterocycles. The van der Waals surface area contributed by atoms with Gasteiger partial charge in [-0.05, 0) is 55.3 Å². The van der Waals surface area contributed by atoms with Gasteiger partial charge in [-0.15, -0.1) is 0 Å². The molecule has 0 atom stereocenters. The molecule has 0 radical (unpaired) electrons. The third-order valence-corrected chi connectivity index (χ3v) is 8.92. The van der Waals surface area contributed by atoms with Gasteiger partial charge in [0.2, 0.25) is 5.52 Å². The molecular weight excluding hydrogens is 509 g/mol. The molecule has 5 rings (SSSR count). The number of aromatic nitrogens is 1. The molecule has 1 aliphatic rings. The Balaban J connectivity index is 1.47. The summed E-state index contributed by atoms with van der Waals surface area (Å²) in [6.45, 7) is 2.80. The second-order valence-electron chi connectivity index (χ2n) is 8.66. The zero-order valence-corrected chi connectivity index (χ0v) is 22.3. The number of thiazole rings is 1. The molecule has 184 valence electrons. The predicted octanol–water partition coefficient (Wildman–Crippen LogP) is 7.05. The van der Waals surface area contributed by atoms with Crippen molar-refractivity contribution >= 4 is 60.9 Å². The highest BCUT2D eigenvalue weighted by Gasteiger charge is 2.26. The van der Waals surface area contributed by atoms with E-state index >= 15 is 0 Å². The van der Waals surface area contributed by atoms with Crippen LogP contribution in [0.2, 0.25) is 0 Å². The molecule has 0 aliphatic carbocycles. The average Bonchev–Trinajstić information content (AvgIpc) is 3.39. The maximum absolute atomic E-state index is 11.1. The first-order valence-electron chi connectivity index (χ1n) is 11.8. The molecule has 2 heterocycles. The van der Waals surface area contributed by atoms with Crippen molar-refractivity contribution in [1.82, 2.24) is 0 Å². The van der Waals surface area contributed by atoms with Crippen LogP contribution in [0.25, 0.3) is 16.3 Å². The quantitative estimate of drug-likeness (QED) is 0.149. The van der Waals surface area contributed by atoms with Crippen LogP contribution in [0.3, 0.4) is 0 Å². The van der Waals surface area contributed by atoms with Gasteiger partial charge < -0.3 is 4.90 Å². The molecular formula is C28H27N2O3S3+. The van der Waals surface area contributed by atoms with E-state index in [1.165, 1.54) is 15.3 Å². The standard InChI is InChI=1S/C28H26N2O3S3/c1-21(20-28-30(22-11-3-2-4-12-22)24-14-6-8-16-26(24)35-28)19-27-29(17-9-10-18-36(31,32)33)23-13-5-7-15-25(23)34-27/h2-8,11-16,19-20H,9-10,17-18H2,1H3/p+1. The minimum atomic E-state index is -3.93. The molecule has 0 amide bonds. The predicted molar refractivity (Wildman–Crippen MR) is 150 cm³/mol. The Kier molecular flexibility index (Phi) is 7.29. The lowest BCUT2D eigenvalue weighted by atomic mass is 10.2. The van der Waals surface area contributed by atoms with Crippen molar-refractivity contribution in [3.8, 4) is 0 Å². The molecule has 5 nitrogen and oxygen atoms in total. The molecule has 0 saturated carbocycles. The van der Waals surface area contributed by atoms with Gasteiger partial charge in [-0.3, -0.25) is 4.55 Å². The number of hydrogen-bond acceptors (Lipinski definition) is 5. The van der Waals surface area contributed by atoms with Crippen molar-refractivity contribution in [2.75, 3.05) is 10.7 Å². The lowest BCUT2D eigenvalue weighted by Crippen LogP contribution is -2.35. The molecule has 0 fully saturated rings. The van der Waals surface area contributed by atoms with E-state index in [-0.39, 0.29) is 5.75 Å². The van der Waals surface area contributed by atoms with E-state index in [4.69, 9.17) is 4.55 Å². The SMILES string of the molecule is CC(/C=C1\Sc2ccccc2N1c1ccccc1)=C\c1sc2ccccc2[n+]1CCCCS(=O)(=O)O. The smallest absolute Gasteiger partial charge is 0.264 e. The van der Waals surface area contributed by atoms with Crippen LogP contribution in [0.15, 0.2) is 100 Å². The number of aryl methyl sites for hydroxylation is 1. The Morgan fingerprint density at radius 2 is 1.69 bits per heavy atom. The minimum Gasteiger partial charge on any atom is -0.303 e. The van der Waals surface area contributed by atoms with Gasteiger partial charge in [-0.1, -0.05) is 65.6 Å². The maximum Gasteiger partial charge on any atom is 0.264 e. The summed E-state index contributed by atoms with van der Waals surface area (Å²) in [4.78, 5) is 3.53. The fourth-order valence-electron chi connectivity index (χ4n) is 4.32. The number of nitrogens with zero attached hydrogens (tertiary/aromatic N) is 2. The van der Waals surface area contributed by atoms with Gasteiger partial charge in [0.05, 0.1) is 16.5 Å². The van der Waals surface area contributed by atoms with E-state index in [0.717, 1.165) is 26.8 Å². The largest absolute Gasteiger partial charge is 0.303 e. The summed E-state index contributed by atoms with van der Waals surface area (Å²) in [5.74, 6) is -0.209. The number of para-hydroxylation sites is 3. The summed E-state index contributed by atoms with van der Waals surface area (Å²) in [7, 11) is -3.93. The summed E-state index contributed by atoms with van der Waals surface area (Å²) in [6.07, 6.45) is 5.51. The van der Waals surface area contributed by atoms with Crippen molar-refractivity contribution in [2.45, 2.75) is 31.2 Å². The van der Waals surface area contributed by atoms with Gasteiger partial charge in [0, 0.05) is 29.1 Å². The van der Waals surface area contributed by atoms with Crippen molar-refractivity contribution < 1.29 is 17.5 Å². The van der Waals surface area contributed by atoms with Crippen molar-refractivity contribution in [1.29, 1.82) is 0 Å². The number of unbranched alkanes of at least 4 members (excludes halogenated alkanes) is 1. The zero-order valence-electron chi connectivity index (χ0n) is 19.9. The lowest BCUT2D eigenvalue weighted by Gasteiger charge is -2.20. The highest BCUT2D eigenvalue weighted by molar-refractivity contribution is 8.03. The zero-order chi connectivity index (χ0) is 25.1. The molecule has 1 aliphatic heterocycles. The summed E-state index contributed by atoms with van der Waals surface area (Å²) < 4.78 is 34.7. The van der Waals surface area contributed by atoms with Gasteiger partial charge in [0.25, 0.3) is 15.1 Å². The summed E-state index contributed by atoms with van der Waals surface area (Å²) in [6, 6.07) is 27.1. The monoisotopic (exact) mass is 535 g/mol. The van der Waals surface area contributed by atoms with Crippen LogP contribution < -0.4 is 9.47 Å². The van der Waals surface area contributed by atoms with E-state index in [1.807, 2.05) is 18.2 Å². The topological polar surface area (TPSA) is 61.5 Å². The number of hydrogen-bond donors (Lipinski definition) is 1. The van der Waals surface area contributed by atoms with E-state index in [0.29, 0.717) is 19.4 Å². The van der Waals surface area contributed by atoms with Crippen LogP contribution in [0.5, 0.6) is 0 Å². The molecule has 0 spiro atoms. The molecule has 8 heteroatoms. The Hall–Kier alpha value is -2.91. The van der Waals surface area contributed by atoms with E-state index in [2.05, 4.69) is 89.2 Å². The summed E-state index contributed by atoms with van der Waals surface area (Å²) in [5.41, 5.74) is 4.58. The third-order valence-electron chi connectivity index (χ3n) is 5.93. The normalized spacial score (nSPS) is 15.1. The lowest BCUT2D eigenvalue weighted by molar-refractivity contribution is -0.669. The Labute approximate surface area is 220 Å². The van der Waals surface area contributed by atoms with Gasteiger partial charge >= 0.3 is 0 Å². The first-order valence-corrected chi connectivity index (χ1v) is 15.0. The number of fused-ring (bicyclic) bond motifs is 2. The number of anilines is 2. The summed E-state index contributed by atoms with van der Waals surface area (Å²) in [5, 5.41) is 2.26. The van der Waals surface area contributed by atoms with Crippen LogP contribution >= 0.6 is 23.1 Å². The Morgan fingerprint density at radius 3 is 2.50 bits per heavy atom. The first kappa shape index (κ1) is 24.8. The van der Waals surface area contributed by atoms with E-state index < -0.39 is 10.1 Å². The van der Waals surface area contributed by atoms with Crippen LogP contribution in [0, 0.1) is 0 Å². The molecule has 36 heavy (non-hydrogen) atoms. The molecule has 0 unspecified atom stereocenters. The number of benzene rings is 3. The second kappa shape index (κ2) is 10.6.